The first kappa shape index (κ1) is 19.4. The first-order chi connectivity index (χ1) is 14.0. The van der Waals surface area contributed by atoms with E-state index in [9.17, 15) is 9.59 Å². The normalized spacial score (nSPS) is 14.8. The summed E-state index contributed by atoms with van der Waals surface area (Å²) in [6.07, 6.45) is 7.77. The van der Waals surface area contributed by atoms with Gasteiger partial charge in [-0.1, -0.05) is 30.5 Å². The predicted octanol–water partition coefficient (Wildman–Crippen LogP) is 2.87. The van der Waals surface area contributed by atoms with Crippen molar-refractivity contribution in [1.82, 2.24) is 19.2 Å². The second-order valence-corrected chi connectivity index (χ2v) is 7.73. The van der Waals surface area contributed by atoms with Gasteiger partial charge in [-0.3, -0.25) is 4.79 Å². The molecule has 1 fully saturated rings. The summed E-state index contributed by atoms with van der Waals surface area (Å²) < 4.78 is 2.62. The third kappa shape index (κ3) is 4.12. The molecular formula is C20H23ClN6O2. The minimum atomic E-state index is -0.364. The Kier molecular flexibility index (Phi) is 5.53. The summed E-state index contributed by atoms with van der Waals surface area (Å²) in [6.45, 7) is 3.47. The fourth-order valence-electron chi connectivity index (χ4n) is 3.60. The van der Waals surface area contributed by atoms with Crippen molar-refractivity contribution < 1.29 is 4.79 Å². The van der Waals surface area contributed by atoms with Gasteiger partial charge in [-0.15, -0.1) is 5.10 Å². The molecule has 4 rings (SSSR count). The topological polar surface area (TPSA) is 84.5 Å². The standard InChI is InChI=1S/C20H23ClN6O2/c1-14-6-7-15(21)12-16(14)23-17(28)13-27-20(29)26-11-8-22-18(19(26)24-27)25-9-4-2-3-5-10-25/h6-8,11-12H,2-5,9-10,13H2,1H3,(H,23,28). The molecule has 0 saturated carbocycles. The average Bonchev–Trinajstić information content (AvgIpc) is 2.88. The zero-order valence-corrected chi connectivity index (χ0v) is 17.0. The van der Waals surface area contributed by atoms with Crippen molar-refractivity contribution in [3.63, 3.8) is 0 Å². The molecule has 0 aliphatic carbocycles. The van der Waals surface area contributed by atoms with Gasteiger partial charge in [0.1, 0.15) is 6.54 Å². The molecule has 152 valence electrons. The molecule has 0 atom stereocenters. The molecule has 1 aliphatic heterocycles. The molecule has 0 radical (unpaired) electrons. The molecule has 3 heterocycles. The van der Waals surface area contributed by atoms with Gasteiger partial charge in [-0.25, -0.2) is 18.9 Å². The Balaban J connectivity index is 1.60. The number of aryl methyl sites for hydroxylation is 1. The number of rotatable bonds is 4. The SMILES string of the molecule is Cc1ccc(Cl)cc1NC(=O)Cn1nc2c(N3CCCCCC3)nccn2c1=O. The molecule has 0 bridgehead atoms. The van der Waals surface area contributed by atoms with Crippen LogP contribution in [-0.4, -0.2) is 38.2 Å². The van der Waals surface area contributed by atoms with E-state index in [4.69, 9.17) is 11.6 Å². The Morgan fingerprint density at radius 3 is 2.72 bits per heavy atom. The van der Waals surface area contributed by atoms with E-state index in [0.717, 1.165) is 31.5 Å². The van der Waals surface area contributed by atoms with Crippen LogP contribution in [0.5, 0.6) is 0 Å². The summed E-state index contributed by atoms with van der Waals surface area (Å²) in [6, 6.07) is 5.27. The monoisotopic (exact) mass is 414 g/mol. The molecule has 1 aliphatic rings. The zero-order valence-electron chi connectivity index (χ0n) is 16.3. The van der Waals surface area contributed by atoms with Crippen molar-refractivity contribution in [1.29, 1.82) is 0 Å². The fourth-order valence-corrected chi connectivity index (χ4v) is 3.77. The van der Waals surface area contributed by atoms with Gasteiger partial charge < -0.3 is 10.2 Å². The second-order valence-electron chi connectivity index (χ2n) is 7.29. The molecule has 1 N–H and O–H groups in total. The molecule has 8 nitrogen and oxygen atoms in total. The third-order valence-corrected chi connectivity index (χ3v) is 5.39. The summed E-state index contributed by atoms with van der Waals surface area (Å²) in [4.78, 5) is 31.9. The van der Waals surface area contributed by atoms with Crippen LogP contribution in [-0.2, 0) is 11.3 Å². The number of halogens is 1. The molecule has 29 heavy (non-hydrogen) atoms. The summed E-state index contributed by atoms with van der Waals surface area (Å²) >= 11 is 6.01. The highest BCUT2D eigenvalue weighted by molar-refractivity contribution is 6.31. The molecule has 1 aromatic carbocycles. The summed E-state index contributed by atoms with van der Waals surface area (Å²) in [5, 5.41) is 7.75. The van der Waals surface area contributed by atoms with Crippen molar-refractivity contribution in [2.24, 2.45) is 0 Å². The van der Waals surface area contributed by atoms with Crippen LogP contribution in [0.1, 0.15) is 31.2 Å². The van der Waals surface area contributed by atoms with E-state index in [1.54, 1.807) is 24.5 Å². The van der Waals surface area contributed by atoms with E-state index >= 15 is 0 Å². The molecule has 9 heteroatoms. The fraction of sp³-hybridized carbons (Fsp3) is 0.400. The number of amides is 1. The number of nitrogens with one attached hydrogen (secondary N) is 1. The predicted molar refractivity (Wildman–Crippen MR) is 113 cm³/mol. The van der Waals surface area contributed by atoms with Crippen LogP contribution in [0.3, 0.4) is 0 Å². The minimum absolute atomic E-state index is 0.189. The molecule has 0 spiro atoms. The van der Waals surface area contributed by atoms with Gasteiger partial charge in [0.2, 0.25) is 11.6 Å². The number of fused-ring (bicyclic) bond motifs is 1. The maximum Gasteiger partial charge on any atom is 0.350 e. The highest BCUT2D eigenvalue weighted by Crippen LogP contribution is 2.21. The van der Waals surface area contributed by atoms with Gasteiger partial charge in [-0.2, -0.15) is 0 Å². The molecule has 1 amide bonds. The first-order valence-corrected chi connectivity index (χ1v) is 10.2. The minimum Gasteiger partial charge on any atom is -0.353 e. The van der Waals surface area contributed by atoms with Gasteiger partial charge in [0, 0.05) is 36.2 Å². The number of benzene rings is 1. The molecular weight excluding hydrogens is 392 g/mol. The van der Waals surface area contributed by atoms with Crippen LogP contribution < -0.4 is 15.9 Å². The van der Waals surface area contributed by atoms with Crippen molar-refractivity contribution in [2.75, 3.05) is 23.3 Å². The lowest BCUT2D eigenvalue weighted by atomic mass is 10.2. The van der Waals surface area contributed by atoms with Crippen molar-refractivity contribution in [3.8, 4) is 0 Å². The number of nitrogens with zero attached hydrogens (tertiary/aromatic N) is 5. The van der Waals surface area contributed by atoms with E-state index in [-0.39, 0.29) is 18.1 Å². The van der Waals surface area contributed by atoms with Crippen LogP contribution in [0.25, 0.3) is 5.65 Å². The highest BCUT2D eigenvalue weighted by atomic mass is 35.5. The number of hydrogen-bond donors (Lipinski definition) is 1. The van der Waals surface area contributed by atoms with E-state index in [0.29, 0.717) is 22.2 Å². The van der Waals surface area contributed by atoms with Crippen LogP contribution in [0.4, 0.5) is 11.5 Å². The molecule has 1 saturated heterocycles. The first-order valence-electron chi connectivity index (χ1n) is 9.78. The summed E-state index contributed by atoms with van der Waals surface area (Å²) in [7, 11) is 0. The Hall–Kier alpha value is -2.87. The van der Waals surface area contributed by atoms with Gasteiger partial charge >= 0.3 is 5.69 Å². The summed E-state index contributed by atoms with van der Waals surface area (Å²) in [5.41, 5.74) is 1.62. The second kappa shape index (κ2) is 8.24. The number of aromatic nitrogens is 4. The molecule has 2 aromatic heterocycles. The Morgan fingerprint density at radius 1 is 1.21 bits per heavy atom. The number of carbonyl (C=O) groups excluding carboxylic acids is 1. The Labute approximate surface area is 173 Å². The van der Waals surface area contributed by atoms with Crippen LogP contribution >= 0.6 is 11.6 Å². The largest absolute Gasteiger partial charge is 0.353 e. The lowest BCUT2D eigenvalue weighted by molar-refractivity contribution is -0.117. The van der Waals surface area contributed by atoms with Crippen molar-refractivity contribution in [3.05, 3.63) is 51.7 Å². The zero-order chi connectivity index (χ0) is 20.4. The number of hydrogen-bond acceptors (Lipinski definition) is 5. The van der Waals surface area contributed by atoms with Crippen LogP contribution in [0.15, 0.2) is 35.4 Å². The third-order valence-electron chi connectivity index (χ3n) is 5.16. The smallest absolute Gasteiger partial charge is 0.350 e. The number of anilines is 2. The van der Waals surface area contributed by atoms with Gasteiger partial charge in [-0.05, 0) is 37.5 Å². The van der Waals surface area contributed by atoms with Gasteiger partial charge in [0.15, 0.2) is 5.82 Å². The van der Waals surface area contributed by atoms with E-state index in [1.807, 2.05) is 13.0 Å². The number of carbonyl (C=O) groups is 1. The van der Waals surface area contributed by atoms with Gasteiger partial charge in [0.05, 0.1) is 0 Å². The van der Waals surface area contributed by atoms with Crippen LogP contribution in [0.2, 0.25) is 5.02 Å². The van der Waals surface area contributed by atoms with E-state index in [2.05, 4.69) is 20.3 Å². The lowest BCUT2D eigenvalue weighted by Gasteiger charge is -2.20. The van der Waals surface area contributed by atoms with Crippen molar-refractivity contribution in [2.45, 2.75) is 39.2 Å². The average molecular weight is 415 g/mol. The lowest BCUT2D eigenvalue weighted by Crippen LogP contribution is -2.28. The molecule has 0 unspecified atom stereocenters. The maximum atomic E-state index is 12.8. The van der Waals surface area contributed by atoms with E-state index in [1.165, 1.54) is 21.9 Å². The van der Waals surface area contributed by atoms with E-state index < -0.39 is 0 Å². The maximum absolute atomic E-state index is 12.8. The highest BCUT2D eigenvalue weighted by Gasteiger charge is 2.19. The van der Waals surface area contributed by atoms with Crippen LogP contribution in [0, 0.1) is 6.92 Å². The van der Waals surface area contributed by atoms with Crippen molar-refractivity contribution >= 4 is 34.7 Å². The quantitative estimate of drug-likeness (QED) is 0.709. The molecule has 3 aromatic rings. The Bertz CT molecular complexity index is 1100. The summed E-state index contributed by atoms with van der Waals surface area (Å²) in [5.74, 6) is 0.349. The Morgan fingerprint density at radius 2 is 1.97 bits per heavy atom. The van der Waals surface area contributed by atoms with Gasteiger partial charge in [0.25, 0.3) is 0 Å².